The molecule has 0 aliphatic carbocycles. The van der Waals surface area contributed by atoms with E-state index in [0.717, 1.165) is 0 Å². The molecule has 0 saturated carbocycles. The molecule has 1 heterocycles. The second-order valence-electron chi connectivity index (χ2n) is 2.81. The van der Waals surface area contributed by atoms with E-state index in [1.54, 1.807) is 32.3 Å². The van der Waals surface area contributed by atoms with E-state index in [9.17, 15) is 4.79 Å². The molecule has 0 spiro atoms. The molecule has 0 unspecified atom stereocenters. The maximum atomic E-state index is 10.7. The van der Waals surface area contributed by atoms with E-state index in [1.165, 1.54) is 4.68 Å². The largest absolute Gasteiger partial charge is 0.479 e. The lowest BCUT2D eigenvalue weighted by Crippen LogP contribution is -2.35. The van der Waals surface area contributed by atoms with Crippen LogP contribution >= 0.6 is 0 Å². The number of hydrogen-bond donors (Lipinski definition) is 1. The van der Waals surface area contributed by atoms with E-state index in [0.29, 0.717) is 0 Å². The molecule has 0 aliphatic rings. The molecular weight excluding hydrogens is 144 g/mol. The summed E-state index contributed by atoms with van der Waals surface area (Å²) in [6.07, 6.45) is 3.19. The van der Waals surface area contributed by atoms with E-state index in [1.807, 2.05) is 0 Å². The second kappa shape index (κ2) is 2.38. The van der Waals surface area contributed by atoms with Gasteiger partial charge in [0.05, 0.1) is 0 Å². The molecule has 0 aliphatic heterocycles. The van der Waals surface area contributed by atoms with Gasteiger partial charge in [-0.05, 0) is 19.9 Å². The third-order valence-corrected chi connectivity index (χ3v) is 1.60. The highest BCUT2D eigenvalue weighted by molar-refractivity contribution is 5.75. The van der Waals surface area contributed by atoms with Gasteiger partial charge in [-0.25, -0.2) is 4.79 Å². The molecule has 0 bridgehead atoms. The molecule has 4 nitrogen and oxygen atoms in total. The predicted molar refractivity (Wildman–Crippen MR) is 39.2 cm³/mol. The Labute approximate surface area is 64.5 Å². The number of aliphatic carboxylic acids is 1. The summed E-state index contributed by atoms with van der Waals surface area (Å²) in [5.41, 5.74) is -0.955. The van der Waals surface area contributed by atoms with Crippen molar-refractivity contribution in [2.75, 3.05) is 0 Å². The lowest BCUT2D eigenvalue weighted by Gasteiger charge is -2.19. The van der Waals surface area contributed by atoms with Gasteiger partial charge in [-0.2, -0.15) is 5.10 Å². The van der Waals surface area contributed by atoms with E-state index in [4.69, 9.17) is 5.11 Å². The average molecular weight is 154 g/mol. The fourth-order valence-corrected chi connectivity index (χ4v) is 0.697. The van der Waals surface area contributed by atoms with Crippen LogP contribution in [0.4, 0.5) is 0 Å². The van der Waals surface area contributed by atoms with Crippen LogP contribution in [0.5, 0.6) is 0 Å². The fraction of sp³-hybridized carbons (Fsp3) is 0.429. The molecule has 1 aromatic heterocycles. The molecule has 0 amide bonds. The van der Waals surface area contributed by atoms with Gasteiger partial charge in [0.25, 0.3) is 0 Å². The molecular formula is C7H10N2O2. The Balaban J connectivity index is 3.00. The minimum Gasteiger partial charge on any atom is -0.479 e. The van der Waals surface area contributed by atoms with Gasteiger partial charge in [0.2, 0.25) is 0 Å². The highest BCUT2D eigenvalue weighted by Crippen LogP contribution is 2.12. The average Bonchev–Trinajstić information content (AvgIpc) is 2.37. The van der Waals surface area contributed by atoms with Gasteiger partial charge in [0, 0.05) is 12.4 Å². The summed E-state index contributed by atoms with van der Waals surface area (Å²) in [4.78, 5) is 10.7. The predicted octanol–water partition coefficient (Wildman–Crippen LogP) is 0.703. The normalized spacial score (nSPS) is 11.5. The molecule has 0 atom stereocenters. The number of nitrogens with zero attached hydrogens (tertiary/aromatic N) is 2. The highest BCUT2D eigenvalue weighted by atomic mass is 16.4. The van der Waals surface area contributed by atoms with Crippen LogP contribution in [0.15, 0.2) is 18.5 Å². The Hall–Kier alpha value is -1.32. The Morgan fingerprint density at radius 2 is 2.27 bits per heavy atom. The summed E-state index contributed by atoms with van der Waals surface area (Å²) < 4.78 is 1.41. The summed E-state index contributed by atoms with van der Waals surface area (Å²) in [5.74, 6) is -0.888. The molecule has 11 heavy (non-hydrogen) atoms. The highest BCUT2D eigenvalue weighted by Gasteiger charge is 2.29. The van der Waals surface area contributed by atoms with Crippen LogP contribution < -0.4 is 0 Å². The SMILES string of the molecule is CC(C)(C(=O)O)n1cccn1. The Morgan fingerprint density at radius 3 is 2.64 bits per heavy atom. The van der Waals surface area contributed by atoms with E-state index in [2.05, 4.69) is 5.10 Å². The molecule has 1 aromatic rings. The van der Waals surface area contributed by atoms with Crippen LogP contribution in [0.2, 0.25) is 0 Å². The number of carboxylic acids is 1. The van der Waals surface area contributed by atoms with Gasteiger partial charge in [0.15, 0.2) is 5.54 Å². The van der Waals surface area contributed by atoms with Crippen LogP contribution in [0.1, 0.15) is 13.8 Å². The molecule has 0 fully saturated rings. The smallest absolute Gasteiger partial charge is 0.331 e. The number of hydrogen-bond acceptors (Lipinski definition) is 2. The topological polar surface area (TPSA) is 55.1 Å². The van der Waals surface area contributed by atoms with E-state index < -0.39 is 11.5 Å². The summed E-state index contributed by atoms with van der Waals surface area (Å²) in [5, 5.41) is 12.6. The van der Waals surface area contributed by atoms with Crippen molar-refractivity contribution in [2.24, 2.45) is 0 Å². The minimum atomic E-state index is -0.955. The fourth-order valence-electron chi connectivity index (χ4n) is 0.697. The number of carboxylic acid groups (broad SMARTS) is 1. The summed E-state index contributed by atoms with van der Waals surface area (Å²) >= 11 is 0. The van der Waals surface area contributed by atoms with Gasteiger partial charge >= 0.3 is 5.97 Å². The Morgan fingerprint density at radius 1 is 1.64 bits per heavy atom. The third-order valence-electron chi connectivity index (χ3n) is 1.60. The first-order valence-electron chi connectivity index (χ1n) is 3.28. The Kier molecular flexibility index (Phi) is 1.68. The van der Waals surface area contributed by atoms with Gasteiger partial charge in [-0.3, -0.25) is 4.68 Å². The monoisotopic (exact) mass is 154 g/mol. The van der Waals surface area contributed by atoms with Gasteiger partial charge < -0.3 is 5.11 Å². The van der Waals surface area contributed by atoms with Gasteiger partial charge in [0.1, 0.15) is 0 Å². The Bertz CT molecular complexity index is 251. The van der Waals surface area contributed by atoms with Crippen molar-refractivity contribution in [3.8, 4) is 0 Å². The lowest BCUT2D eigenvalue weighted by atomic mass is 10.1. The molecule has 1 rings (SSSR count). The van der Waals surface area contributed by atoms with Crippen molar-refractivity contribution >= 4 is 5.97 Å². The van der Waals surface area contributed by atoms with Crippen molar-refractivity contribution in [3.63, 3.8) is 0 Å². The number of rotatable bonds is 2. The summed E-state index contributed by atoms with van der Waals surface area (Å²) in [6, 6.07) is 1.70. The third kappa shape index (κ3) is 1.24. The van der Waals surface area contributed by atoms with Crippen molar-refractivity contribution in [1.29, 1.82) is 0 Å². The number of aromatic nitrogens is 2. The second-order valence-corrected chi connectivity index (χ2v) is 2.81. The molecule has 0 radical (unpaired) electrons. The number of carbonyl (C=O) groups is 1. The zero-order chi connectivity index (χ0) is 8.48. The van der Waals surface area contributed by atoms with Crippen molar-refractivity contribution in [1.82, 2.24) is 9.78 Å². The quantitative estimate of drug-likeness (QED) is 0.682. The molecule has 1 N–H and O–H groups in total. The molecule has 60 valence electrons. The molecule has 0 aromatic carbocycles. The summed E-state index contributed by atoms with van der Waals surface area (Å²) in [7, 11) is 0. The minimum absolute atomic E-state index is 0.888. The summed E-state index contributed by atoms with van der Waals surface area (Å²) in [6.45, 7) is 3.20. The molecule has 0 saturated heterocycles. The van der Waals surface area contributed by atoms with Gasteiger partial charge in [-0.1, -0.05) is 0 Å². The van der Waals surface area contributed by atoms with Crippen molar-refractivity contribution in [2.45, 2.75) is 19.4 Å². The van der Waals surface area contributed by atoms with Crippen LogP contribution in [0.25, 0.3) is 0 Å². The zero-order valence-corrected chi connectivity index (χ0v) is 6.48. The first kappa shape index (κ1) is 7.78. The van der Waals surface area contributed by atoms with Crippen LogP contribution in [0.3, 0.4) is 0 Å². The maximum Gasteiger partial charge on any atom is 0.331 e. The molecule has 4 heteroatoms. The zero-order valence-electron chi connectivity index (χ0n) is 6.48. The van der Waals surface area contributed by atoms with Crippen molar-refractivity contribution < 1.29 is 9.90 Å². The maximum absolute atomic E-state index is 10.7. The van der Waals surface area contributed by atoms with E-state index >= 15 is 0 Å². The van der Waals surface area contributed by atoms with Gasteiger partial charge in [-0.15, -0.1) is 0 Å². The first-order chi connectivity index (χ1) is 5.05. The lowest BCUT2D eigenvalue weighted by molar-refractivity contribution is -0.146. The standard InChI is InChI=1S/C7H10N2O2/c1-7(2,6(10)11)9-5-3-4-8-9/h3-5H,1-2H3,(H,10,11). The first-order valence-corrected chi connectivity index (χ1v) is 3.28. The van der Waals surface area contributed by atoms with Crippen LogP contribution in [0, 0.1) is 0 Å². The van der Waals surface area contributed by atoms with Crippen LogP contribution in [-0.2, 0) is 10.3 Å². The van der Waals surface area contributed by atoms with Crippen molar-refractivity contribution in [3.05, 3.63) is 18.5 Å². The van der Waals surface area contributed by atoms with E-state index in [-0.39, 0.29) is 0 Å². The van der Waals surface area contributed by atoms with Crippen LogP contribution in [-0.4, -0.2) is 20.9 Å².